The molecular formula is C18H17F2NO4. The van der Waals surface area contributed by atoms with Crippen LogP contribution < -0.4 is 5.32 Å². The number of carboxylic acid groups (broad SMARTS) is 1. The maximum Gasteiger partial charge on any atom is 0.408 e. The normalized spacial score (nSPS) is 11.6. The summed E-state index contributed by atoms with van der Waals surface area (Å²) < 4.78 is 31.4. The van der Waals surface area contributed by atoms with Gasteiger partial charge in [0.1, 0.15) is 24.3 Å². The number of hydrogen-bond acceptors (Lipinski definition) is 3. The number of benzene rings is 2. The van der Waals surface area contributed by atoms with Crippen molar-refractivity contribution in [2.45, 2.75) is 25.5 Å². The van der Waals surface area contributed by atoms with E-state index in [-0.39, 0.29) is 25.0 Å². The maximum atomic E-state index is 13.6. The van der Waals surface area contributed by atoms with Gasteiger partial charge in [-0.15, -0.1) is 0 Å². The molecule has 2 N–H and O–H groups in total. The van der Waals surface area contributed by atoms with Crippen LogP contribution in [0.25, 0.3) is 0 Å². The zero-order valence-corrected chi connectivity index (χ0v) is 13.2. The molecule has 0 aliphatic carbocycles. The van der Waals surface area contributed by atoms with Gasteiger partial charge >= 0.3 is 12.1 Å². The first kappa shape index (κ1) is 18.4. The second kappa shape index (κ2) is 8.77. The Morgan fingerprint density at radius 2 is 1.84 bits per heavy atom. The van der Waals surface area contributed by atoms with Gasteiger partial charge in [0.2, 0.25) is 0 Å². The number of carbonyl (C=O) groups is 2. The zero-order chi connectivity index (χ0) is 18.2. The molecule has 0 fully saturated rings. The third kappa shape index (κ3) is 5.87. The molecule has 0 aromatic heterocycles. The van der Waals surface area contributed by atoms with Gasteiger partial charge in [-0.2, -0.15) is 0 Å². The quantitative estimate of drug-likeness (QED) is 0.804. The number of rotatable bonds is 7. The Labute approximate surface area is 143 Å². The molecule has 1 unspecified atom stereocenters. The third-order valence-corrected chi connectivity index (χ3v) is 3.52. The van der Waals surface area contributed by atoms with Crippen LogP contribution in [0.3, 0.4) is 0 Å². The van der Waals surface area contributed by atoms with Gasteiger partial charge in [-0.1, -0.05) is 36.4 Å². The van der Waals surface area contributed by atoms with Gasteiger partial charge in [0, 0.05) is 6.07 Å². The van der Waals surface area contributed by atoms with E-state index in [0.717, 1.165) is 17.7 Å². The summed E-state index contributed by atoms with van der Waals surface area (Å²) >= 11 is 0. The van der Waals surface area contributed by atoms with E-state index in [2.05, 4.69) is 5.32 Å². The molecule has 0 heterocycles. The lowest BCUT2D eigenvalue weighted by atomic mass is 10.0. The molecule has 0 saturated heterocycles. The van der Waals surface area contributed by atoms with Gasteiger partial charge < -0.3 is 15.2 Å². The highest BCUT2D eigenvalue weighted by atomic mass is 19.1. The standard InChI is InChI=1S/C18H17F2NO4/c19-14-8-6-13(15(20)10-14)7-9-16(17(22)23)21-18(24)25-11-12-4-2-1-3-5-12/h1-6,8,10,16H,7,9,11H2,(H,21,24)(H,22,23). The van der Waals surface area contributed by atoms with E-state index in [1.165, 1.54) is 6.07 Å². The number of nitrogens with one attached hydrogen (secondary N) is 1. The zero-order valence-electron chi connectivity index (χ0n) is 13.2. The molecule has 2 rings (SSSR count). The number of hydrogen-bond donors (Lipinski definition) is 2. The first-order valence-electron chi connectivity index (χ1n) is 7.59. The Kier molecular flexibility index (Phi) is 6.45. The van der Waals surface area contributed by atoms with Gasteiger partial charge in [-0.25, -0.2) is 18.4 Å². The number of ether oxygens (including phenoxy) is 1. The molecule has 2 aromatic carbocycles. The van der Waals surface area contributed by atoms with Crippen LogP contribution in [-0.2, 0) is 22.6 Å². The summed E-state index contributed by atoms with van der Waals surface area (Å²) in [5.74, 6) is -2.73. The minimum atomic E-state index is -1.26. The summed E-state index contributed by atoms with van der Waals surface area (Å²) in [5.41, 5.74) is 0.935. The van der Waals surface area contributed by atoms with Crippen LogP contribution in [0.4, 0.5) is 13.6 Å². The van der Waals surface area contributed by atoms with Gasteiger partial charge in [0.15, 0.2) is 0 Å². The lowest BCUT2D eigenvalue weighted by Gasteiger charge is -2.15. The second-order valence-electron chi connectivity index (χ2n) is 5.37. The summed E-state index contributed by atoms with van der Waals surface area (Å²) in [4.78, 5) is 23.0. The molecule has 25 heavy (non-hydrogen) atoms. The predicted octanol–water partition coefficient (Wildman–Crippen LogP) is 3.28. The Hall–Kier alpha value is -2.96. The maximum absolute atomic E-state index is 13.6. The van der Waals surface area contributed by atoms with Crippen LogP contribution in [0.5, 0.6) is 0 Å². The van der Waals surface area contributed by atoms with Crippen LogP contribution in [-0.4, -0.2) is 23.2 Å². The minimum Gasteiger partial charge on any atom is -0.480 e. The lowest BCUT2D eigenvalue weighted by molar-refractivity contribution is -0.139. The fourth-order valence-corrected chi connectivity index (χ4v) is 2.19. The van der Waals surface area contributed by atoms with Crippen molar-refractivity contribution in [2.75, 3.05) is 0 Å². The van der Waals surface area contributed by atoms with Crippen molar-refractivity contribution in [3.63, 3.8) is 0 Å². The molecule has 0 aliphatic heterocycles. The number of carbonyl (C=O) groups excluding carboxylic acids is 1. The average molecular weight is 349 g/mol. The topological polar surface area (TPSA) is 75.6 Å². The number of halogens is 2. The first-order valence-corrected chi connectivity index (χ1v) is 7.59. The van der Waals surface area contributed by atoms with Crippen molar-refractivity contribution in [1.82, 2.24) is 5.32 Å². The number of aliphatic carboxylic acids is 1. The fourth-order valence-electron chi connectivity index (χ4n) is 2.19. The van der Waals surface area contributed by atoms with Crippen molar-refractivity contribution in [2.24, 2.45) is 0 Å². The number of amides is 1. The highest BCUT2D eigenvalue weighted by molar-refractivity contribution is 5.79. The molecule has 0 saturated carbocycles. The fraction of sp³-hybridized carbons (Fsp3) is 0.222. The van der Waals surface area contributed by atoms with Crippen LogP contribution in [0.1, 0.15) is 17.5 Å². The largest absolute Gasteiger partial charge is 0.480 e. The van der Waals surface area contributed by atoms with Crippen LogP contribution in [0, 0.1) is 11.6 Å². The molecule has 1 amide bonds. The van der Waals surface area contributed by atoms with E-state index in [9.17, 15) is 23.5 Å². The Balaban J connectivity index is 1.87. The molecule has 7 heteroatoms. The van der Waals surface area contributed by atoms with Crippen LogP contribution in [0.2, 0.25) is 0 Å². The van der Waals surface area contributed by atoms with E-state index in [1.807, 2.05) is 6.07 Å². The summed E-state index contributed by atoms with van der Waals surface area (Å²) in [6, 6.07) is 10.7. The molecular weight excluding hydrogens is 332 g/mol. The Morgan fingerprint density at radius 3 is 2.48 bits per heavy atom. The molecule has 1 atom stereocenters. The first-order chi connectivity index (χ1) is 12.0. The lowest BCUT2D eigenvalue weighted by Crippen LogP contribution is -2.41. The smallest absolute Gasteiger partial charge is 0.408 e. The Bertz CT molecular complexity index is 737. The van der Waals surface area contributed by atoms with E-state index in [4.69, 9.17) is 4.74 Å². The van der Waals surface area contributed by atoms with E-state index in [0.29, 0.717) is 0 Å². The van der Waals surface area contributed by atoms with E-state index < -0.39 is 29.7 Å². The Morgan fingerprint density at radius 1 is 1.12 bits per heavy atom. The van der Waals surface area contributed by atoms with Crippen molar-refractivity contribution >= 4 is 12.1 Å². The number of carboxylic acids is 1. The second-order valence-corrected chi connectivity index (χ2v) is 5.37. The monoisotopic (exact) mass is 349 g/mol. The van der Waals surface area contributed by atoms with Crippen LogP contribution in [0.15, 0.2) is 48.5 Å². The molecule has 5 nitrogen and oxygen atoms in total. The molecule has 0 aliphatic rings. The summed E-state index contributed by atoms with van der Waals surface area (Å²) in [6.07, 6.45) is -0.906. The van der Waals surface area contributed by atoms with Crippen molar-refractivity contribution in [1.29, 1.82) is 0 Å². The average Bonchev–Trinajstić information content (AvgIpc) is 2.58. The van der Waals surface area contributed by atoms with Crippen molar-refractivity contribution < 1.29 is 28.2 Å². The van der Waals surface area contributed by atoms with Gasteiger partial charge in [-0.3, -0.25) is 0 Å². The molecule has 0 bridgehead atoms. The SMILES string of the molecule is O=C(NC(CCc1ccc(F)cc1F)C(=O)O)OCc1ccccc1. The molecule has 0 radical (unpaired) electrons. The molecule has 132 valence electrons. The van der Waals surface area contributed by atoms with E-state index in [1.54, 1.807) is 24.3 Å². The van der Waals surface area contributed by atoms with E-state index >= 15 is 0 Å². The molecule has 2 aromatic rings. The van der Waals surface area contributed by atoms with Gasteiger partial charge in [-0.05, 0) is 30.0 Å². The van der Waals surface area contributed by atoms with Crippen LogP contribution >= 0.6 is 0 Å². The molecule has 0 spiro atoms. The van der Waals surface area contributed by atoms with Crippen molar-refractivity contribution in [3.8, 4) is 0 Å². The van der Waals surface area contributed by atoms with Gasteiger partial charge in [0.25, 0.3) is 0 Å². The summed E-state index contributed by atoms with van der Waals surface area (Å²) in [6.45, 7) is 0.00556. The predicted molar refractivity (Wildman–Crippen MR) is 85.9 cm³/mol. The number of aryl methyl sites for hydroxylation is 1. The summed E-state index contributed by atoms with van der Waals surface area (Å²) in [5, 5.41) is 11.4. The minimum absolute atomic E-state index is 0.00556. The highest BCUT2D eigenvalue weighted by Gasteiger charge is 2.21. The summed E-state index contributed by atoms with van der Waals surface area (Å²) in [7, 11) is 0. The number of alkyl carbamates (subject to hydrolysis) is 1. The third-order valence-electron chi connectivity index (χ3n) is 3.52. The van der Waals surface area contributed by atoms with Crippen molar-refractivity contribution in [3.05, 3.63) is 71.3 Å². The van der Waals surface area contributed by atoms with Gasteiger partial charge in [0.05, 0.1) is 0 Å². The highest BCUT2D eigenvalue weighted by Crippen LogP contribution is 2.13.